The van der Waals surface area contributed by atoms with Crippen LogP contribution in [0.3, 0.4) is 0 Å². The number of anilines is 2. The van der Waals surface area contributed by atoms with E-state index in [1.54, 1.807) is 18.3 Å². The zero-order valence-corrected chi connectivity index (χ0v) is 18.0. The monoisotopic (exact) mass is 417 g/mol. The highest BCUT2D eigenvalue weighted by Gasteiger charge is 2.12. The Morgan fingerprint density at radius 2 is 1.73 bits per heavy atom. The maximum absolute atomic E-state index is 13.4. The highest BCUT2D eigenvalue weighted by atomic mass is 35.5. The van der Waals surface area contributed by atoms with Crippen molar-refractivity contribution in [2.24, 2.45) is 0 Å². The quantitative estimate of drug-likeness (QED) is 0.349. The molecule has 0 bridgehead atoms. The van der Waals surface area contributed by atoms with Gasteiger partial charge in [0.1, 0.15) is 5.82 Å². The Kier molecular flexibility index (Phi) is 7.26. The molecule has 0 aromatic heterocycles. The van der Waals surface area contributed by atoms with Gasteiger partial charge in [0.2, 0.25) is 0 Å². The molecule has 0 aliphatic rings. The van der Waals surface area contributed by atoms with Gasteiger partial charge in [0.25, 0.3) is 0 Å². The number of hydrogen-bond acceptors (Lipinski definition) is 1. The lowest BCUT2D eigenvalue weighted by Gasteiger charge is -2.23. The van der Waals surface area contributed by atoms with E-state index in [2.05, 4.69) is 56.0 Å². The fourth-order valence-electron chi connectivity index (χ4n) is 3.30. The predicted molar refractivity (Wildman–Crippen MR) is 128 cm³/mol. The van der Waals surface area contributed by atoms with Crippen LogP contribution in [0.5, 0.6) is 0 Å². The van der Waals surface area contributed by atoms with Gasteiger partial charge in [0.15, 0.2) is 0 Å². The predicted octanol–water partition coefficient (Wildman–Crippen LogP) is 8.27. The van der Waals surface area contributed by atoms with Crippen LogP contribution >= 0.6 is 11.6 Å². The van der Waals surface area contributed by atoms with Gasteiger partial charge in [0.05, 0.1) is 0 Å². The van der Waals surface area contributed by atoms with Crippen molar-refractivity contribution in [1.29, 1.82) is 0 Å². The van der Waals surface area contributed by atoms with Crippen LogP contribution in [0.25, 0.3) is 5.57 Å². The number of rotatable bonds is 7. The van der Waals surface area contributed by atoms with Crippen molar-refractivity contribution in [2.75, 3.05) is 4.90 Å². The fourth-order valence-corrected chi connectivity index (χ4v) is 3.43. The topological polar surface area (TPSA) is 3.24 Å². The van der Waals surface area contributed by atoms with Gasteiger partial charge in [-0.25, -0.2) is 4.39 Å². The number of allylic oxidation sites excluding steroid dienone is 4. The van der Waals surface area contributed by atoms with Crippen molar-refractivity contribution in [3.05, 3.63) is 125 Å². The average molecular weight is 418 g/mol. The molecule has 0 N–H and O–H groups in total. The minimum Gasteiger partial charge on any atom is -0.317 e. The van der Waals surface area contributed by atoms with Crippen LogP contribution in [0.1, 0.15) is 23.6 Å². The van der Waals surface area contributed by atoms with Gasteiger partial charge >= 0.3 is 0 Å². The molecule has 0 radical (unpaired) electrons. The van der Waals surface area contributed by atoms with E-state index in [1.807, 2.05) is 30.0 Å². The lowest BCUT2D eigenvalue weighted by Crippen LogP contribution is -2.10. The number of halogens is 2. The Morgan fingerprint density at radius 3 is 2.37 bits per heavy atom. The minimum atomic E-state index is -0.257. The minimum absolute atomic E-state index is 0.257. The van der Waals surface area contributed by atoms with Gasteiger partial charge in [0, 0.05) is 22.6 Å². The average Bonchev–Trinajstić information content (AvgIpc) is 2.75. The van der Waals surface area contributed by atoms with Crippen LogP contribution in [0, 0.1) is 12.7 Å². The Hall–Kier alpha value is -3.10. The Balaban J connectivity index is 2.02. The fraction of sp³-hybridized carbons (Fsp3) is 0.111. The van der Waals surface area contributed by atoms with Crippen molar-refractivity contribution in [3.8, 4) is 0 Å². The maximum atomic E-state index is 13.4. The SMILES string of the molecule is C=CN(c1ccc(F)cc1)c1cc(/C(=C/C=C\C)Cc2ccc(Cl)cc2)ccc1C. The van der Waals surface area contributed by atoms with Gasteiger partial charge in [-0.3, -0.25) is 0 Å². The Bertz CT molecular complexity index is 1060. The lowest BCUT2D eigenvalue weighted by molar-refractivity contribution is 0.628. The van der Waals surface area contributed by atoms with E-state index in [-0.39, 0.29) is 5.82 Å². The molecule has 30 heavy (non-hydrogen) atoms. The van der Waals surface area contributed by atoms with Crippen molar-refractivity contribution < 1.29 is 4.39 Å². The van der Waals surface area contributed by atoms with Crippen molar-refractivity contribution >= 4 is 28.5 Å². The van der Waals surface area contributed by atoms with Gasteiger partial charge in [-0.15, -0.1) is 0 Å². The smallest absolute Gasteiger partial charge is 0.123 e. The van der Waals surface area contributed by atoms with E-state index in [1.165, 1.54) is 23.3 Å². The van der Waals surface area contributed by atoms with Crippen LogP contribution in [-0.4, -0.2) is 0 Å². The third kappa shape index (κ3) is 5.28. The van der Waals surface area contributed by atoms with Crippen molar-refractivity contribution in [2.45, 2.75) is 20.3 Å². The van der Waals surface area contributed by atoms with Crippen molar-refractivity contribution in [1.82, 2.24) is 0 Å². The molecule has 0 atom stereocenters. The molecule has 1 nitrogen and oxygen atoms in total. The molecule has 0 fully saturated rings. The van der Waals surface area contributed by atoms with Gasteiger partial charge in [-0.05, 0) is 85.0 Å². The summed E-state index contributed by atoms with van der Waals surface area (Å²) in [5.41, 5.74) is 6.49. The van der Waals surface area contributed by atoms with E-state index in [0.29, 0.717) is 0 Å². The molecule has 0 aliphatic carbocycles. The summed E-state index contributed by atoms with van der Waals surface area (Å²) in [6, 6.07) is 20.8. The third-order valence-electron chi connectivity index (χ3n) is 4.92. The molecule has 0 heterocycles. The first kappa shape index (κ1) is 21.6. The van der Waals surface area contributed by atoms with Crippen LogP contribution < -0.4 is 4.90 Å². The van der Waals surface area contributed by atoms with Crippen molar-refractivity contribution in [3.63, 3.8) is 0 Å². The molecule has 0 unspecified atom stereocenters. The Labute approximate surface area is 183 Å². The molecule has 0 saturated heterocycles. The number of benzene rings is 3. The summed E-state index contributed by atoms with van der Waals surface area (Å²) in [6.45, 7) is 8.04. The summed E-state index contributed by atoms with van der Waals surface area (Å²) in [7, 11) is 0. The number of nitrogens with zero attached hydrogens (tertiary/aromatic N) is 1. The van der Waals surface area contributed by atoms with E-state index in [9.17, 15) is 4.39 Å². The molecule has 3 rings (SSSR count). The molecular formula is C27H25ClFN. The lowest BCUT2D eigenvalue weighted by atomic mass is 9.95. The van der Waals surface area contributed by atoms with Gasteiger partial charge in [-0.1, -0.05) is 60.7 Å². The number of aryl methyl sites for hydroxylation is 1. The Morgan fingerprint density at radius 1 is 1.03 bits per heavy atom. The van der Waals surface area contributed by atoms with E-state index in [0.717, 1.165) is 33.9 Å². The first-order chi connectivity index (χ1) is 14.5. The summed E-state index contributed by atoms with van der Waals surface area (Å²) in [5.74, 6) is -0.257. The molecule has 3 aromatic rings. The van der Waals surface area contributed by atoms with Crippen LogP contribution in [0.15, 0.2) is 97.7 Å². The van der Waals surface area contributed by atoms with Crippen LogP contribution in [0.4, 0.5) is 15.8 Å². The highest BCUT2D eigenvalue weighted by molar-refractivity contribution is 6.30. The molecular weight excluding hydrogens is 393 g/mol. The zero-order valence-electron chi connectivity index (χ0n) is 17.3. The second-order valence-electron chi connectivity index (χ2n) is 7.05. The molecule has 0 saturated carbocycles. The molecule has 0 aliphatic heterocycles. The summed E-state index contributed by atoms with van der Waals surface area (Å²) in [5, 5.41) is 0.733. The third-order valence-corrected chi connectivity index (χ3v) is 5.18. The summed E-state index contributed by atoms with van der Waals surface area (Å²) in [4.78, 5) is 1.98. The second-order valence-corrected chi connectivity index (χ2v) is 7.49. The van der Waals surface area contributed by atoms with Gasteiger partial charge in [-0.2, -0.15) is 0 Å². The van der Waals surface area contributed by atoms with E-state index in [4.69, 9.17) is 11.6 Å². The van der Waals surface area contributed by atoms with E-state index >= 15 is 0 Å². The normalized spacial score (nSPS) is 11.7. The largest absolute Gasteiger partial charge is 0.317 e. The molecule has 152 valence electrons. The van der Waals surface area contributed by atoms with Gasteiger partial charge < -0.3 is 4.90 Å². The second kappa shape index (κ2) is 10.1. The maximum Gasteiger partial charge on any atom is 0.123 e. The molecule has 3 aromatic carbocycles. The molecule has 0 amide bonds. The highest BCUT2D eigenvalue weighted by Crippen LogP contribution is 2.32. The van der Waals surface area contributed by atoms with E-state index < -0.39 is 0 Å². The number of hydrogen-bond donors (Lipinski definition) is 0. The standard InChI is InChI=1S/C27H25ClFN/c1-4-6-7-22(18-21-9-12-24(28)13-10-21)23-11-8-20(3)27(19-23)30(5-2)26-16-14-25(29)15-17-26/h4-17,19H,2,18H2,1,3H3/b6-4-,22-7+. The molecule has 0 spiro atoms. The molecule has 3 heteroatoms. The van der Waals surface area contributed by atoms with Crippen LogP contribution in [0.2, 0.25) is 5.02 Å². The first-order valence-electron chi connectivity index (χ1n) is 9.86. The first-order valence-corrected chi connectivity index (χ1v) is 10.2. The summed E-state index contributed by atoms with van der Waals surface area (Å²) < 4.78 is 13.4. The van der Waals surface area contributed by atoms with Crippen LogP contribution in [-0.2, 0) is 6.42 Å². The summed E-state index contributed by atoms with van der Waals surface area (Å²) >= 11 is 6.04. The zero-order chi connectivity index (χ0) is 21.5. The summed E-state index contributed by atoms with van der Waals surface area (Å²) in [6.07, 6.45) is 8.75.